The van der Waals surface area contributed by atoms with Gasteiger partial charge in [0.25, 0.3) is 5.91 Å². The maximum Gasteiger partial charge on any atom is 0.257 e. The van der Waals surface area contributed by atoms with Gasteiger partial charge < -0.3 is 14.8 Å². The average Bonchev–Trinajstić information content (AvgIpc) is 2.55. The minimum atomic E-state index is -0.585. The summed E-state index contributed by atoms with van der Waals surface area (Å²) >= 11 is 0. The van der Waals surface area contributed by atoms with Crippen LogP contribution in [0.15, 0.2) is 36.5 Å². The molecule has 0 saturated carbocycles. The summed E-state index contributed by atoms with van der Waals surface area (Å²) in [5, 5.41) is 2.89. The molecule has 0 aliphatic carbocycles. The molecule has 1 N–H and O–H groups in total. The molecule has 0 bridgehead atoms. The summed E-state index contributed by atoms with van der Waals surface area (Å²) in [6.45, 7) is 0.514. The van der Waals surface area contributed by atoms with E-state index in [0.29, 0.717) is 13.0 Å². The van der Waals surface area contributed by atoms with E-state index in [1.54, 1.807) is 0 Å². The van der Waals surface area contributed by atoms with Crippen molar-refractivity contribution in [3.05, 3.63) is 53.5 Å². The molecule has 114 valence electrons. The van der Waals surface area contributed by atoms with E-state index in [4.69, 9.17) is 9.47 Å². The highest BCUT2D eigenvalue weighted by Gasteiger charge is 2.24. The lowest BCUT2D eigenvalue weighted by molar-refractivity contribution is 0.0920. The number of pyridine rings is 1. The summed E-state index contributed by atoms with van der Waals surface area (Å²) in [5.41, 5.74) is 0.983. The van der Waals surface area contributed by atoms with Crippen molar-refractivity contribution in [3.63, 3.8) is 0 Å². The summed E-state index contributed by atoms with van der Waals surface area (Å²) in [7, 11) is 1.39. The van der Waals surface area contributed by atoms with Crippen molar-refractivity contribution in [1.82, 2.24) is 10.3 Å². The number of methoxy groups -OCH3 is 1. The van der Waals surface area contributed by atoms with Crippen LogP contribution in [0.5, 0.6) is 11.6 Å². The predicted molar refractivity (Wildman–Crippen MR) is 77.5 cm³/mol. The van der Waals surface area contributed by atoms with Gasteiger partial charge in [0.15, 0.2) is 0 Å². The molecule has 0 radical (unpaired) electrons. The number of nitrogens with zero attached hydrogens (tertiary/aromatic N) is 1. The fourth-order valence-corrected chi connectivity index (χ4v) is 2.48. The molecule has 6 heteroatoms. The number of carbonyl (C=O) groups is 1. The Kier molecular flexibility index (Phi) is 3.91. The van der Waals surface area contributed by atoms with Gasteiger partial charge in [0.1, 0.15) is 17.1 Å². The SMILES string of the molecule is COc1ncc(F)cc1C(=O)NC1CCOc2ccccc21. The molecule has 1 aliphatic rings. The van der Waals surface area contributed by atoms with Crippen LogP contribution in [-0.4, -0.2) is 24.6 Å². The average molecular weight is 302 g/mol. The summed E-state index contributed by atoms with van der Waals surface area (Å²) < 4.78 is 23.9. The normalized spacial score (nSPS) is 16.4. The number of aromatic nitrogens is 1. The van der Waals surface area contributed by atoms with Crippen molar-refractivity contribution in [2.45, 2.75) is 12.5 Å². The fraction of sp³-hybridized carbons (Fsp3) is 0.250. The van der Waals surface area contributed by atoms with Gasteiger partial charge >= 0.3 is 0 Å². The number of nitrogens with one attached hydrogen (secondary N) is 1. The van der Waals surface area contributed by atoms with Gasteiger partial charge in [-0.2, -0.15) is 0 Å². The van der Waals surface area contributed by atoms with E-state index >= 15 is 0 Å². The first-order chi connectivity index (χ1) is 10.7. The molecule has 3 rings (SSSR count). The van der Waals surface area contributed by atoms with Crippen LogP contribution in [0.1, 0.15) is 28.4 Å². The van der Waals surface area contributed by atoms with Gasteiger partial charge in [-0.25, -0.2) is 9.37 Å². The molecule has 0 spiro atoms. The zero-order valence-corrected chi connectivity index (χ0v) is 12.0. The van der Waals surface area contributed by atoms with E-state index in [2.05, 4.69) is 10.3 Å². The topological polar surface area (TPSA) is 60.5 Å². The number of hydrogen-bond acceptors (Lipinski definition) is 4. The van der Waals surface area contributed by atoms with E-state index in [1.807, 2.05) is 24.3 Å². The molecule has 2 heterocycles. The quantitative estimate of drug-likeness (QED) is 0.946. The molecule has 5 nitrogen and oxygen atoms in total. The van der Waals surface area contributed by atoms with Gasteiger partial charge in [-0.1, -0.05) is 18.2 Å². The summed E-state index contributed by atoms with van der Waals surface area (Å²) in [6.07, 6.45) is 1.66. The van der Waals surface area contributed by atoms with Crippen LogP contribution < -0.4 is 14.8 Å². The second-order valence-corrected chi connectivity index (χ2v) is 4.91. The van der Waals surface area contributed by atoms with Crippen LogP contribution in [0, 0.1) is 5.82 Å². The minimum absolute atomic E-state index is 0.0754. The zero-order chi connectivity index (χ0) is 15.5. The number of ether oxygens (including phenoxy) is 2. The van der Waals surface area contributed by atoms with E-state index in [0.717, 1.165) is 23.6 Å². The second-order valence-electron chi connectivity index (χ2n) is 4.91. The molecule has 1 atom stereocenters. The lowest BCUT2D eigenvalue weighted by Crippen LogP contribution is -2.32. The highest BCUT2D eigenvalue weighted by Crippen LogP contribution is 2.32. The third-order valence-corrected chi connectivity index (χ3v) is 3.52. The third-order valence-electron chi connectivity index (χ3n) is 3.52. The zero-order valence-electron chi connectivity index (χ0n) is 12.0. The standard InChI is InChI=1S/C16H15FN2O3/c1-21-16-12(8-10(17)9-18-16)15(20)19-13-6-7-22-14-5-3-2-4-11(13)14/h2-5,8-9,13H,6-7H2,1H3,(H,19,20). The number of halogens is 1. The predicted octanol–water partition coefficient (Wildman–Crippen LogP) is 2.48. The number of carbonyl (C=O) groups excluding carboxylic acids is 1. The molecule has 2 aromatic rings. The Balaban J connectivity index is 1.85. The smallest absolute Gasteiger partial charge is 0.257 e. The molecule has 0 saturated heterocycles. The van der Waals surface area contributed by atoms with Crippen molar-refractivity contribution in [1.29, 1.82) is 0 Å². The van der Waals surface area contributed by atoms with Gasteiger partial charge in [0.05, 0.1) is 26.0 Å². The Morgan fingerprint density at radius 1 is 1.45 bits per heavy atom. The Bertz CT molecular complexity index is 706. The van der Waals surface area contributed by atoms with Crippen LogP contribution in [0.3, 0.4) is 0 Å². The van der Waals surface area contributed by atoms with Crippen LogP contribution in [0.2, 0.25) is 0 Å². The Morgan fingerprint density at radius 3 is 3.09 bits per heavy atom. The van der Waals surface area contributed by atoms with Crippen LogP contribution in [-0.2, 0) is 0 Å². The molecule has 1 amide bonds. The van der Waals surface area contributed by atoms with E-state index in [9.17, 15) is 9.18 Å². The van der Waals surface area contributed by atoms with Crippen molar-refractivity contribution in [2.24, 2.45) is 0 Å². The molecule has 1 aromatic carbocycles. The number of rotatable bonds is 3. The first kappa shape index (κ1) is 14.3. The van der Waals surface area contributed by atoms with Crippen molar-refractivity contribution in [3.8, 4) is 11.6 Å². The number of fused-ring (bicyclic) bond motifs is 1. The van der Waals surface area contributed by atoms with Crippen LogP contribution in [0.4, 0.5) is 4.39 Å². The van der Waals surface area contributed by atoms with Crippen molar-refractivity contribution >= 4 is 5.91 Å². The molecular formula is C16H15FN2O3. The molecular weight excluding hydrogens is 287 g/mol. The van der Waals surface area contributed by atoms with Gasteiger partial charge in [-0.3, -0.25) is 4.79 Å². The van der Waals surface area contributed by atoms with Crippen LogP contribution >= 0.6 is 0 Å². The summed E-state index contributed by atoms with van der Waals surface area (Å²) in [4.78, 5) is 16.2. The maximum atomic E-state index is 13.3. The Hall–Kier alpha value is -2.63. The van der Waals surface area contributed by atoms with E-state index in [1.165, 1.54) is 7.11 Å². The molecule has 1 unspecified atom stereocenters. The summed E-state index contributed by atoms with van der Waals surface area (Å²) in [6, 6.07) is 8.45. The van der Waals surface area contributed by atoms with Crippen molar-refractivity contribution in [2.75, 3.05) is 13.7 Å². The van der Waals surface area contributed by atoms with Gasteiger partial charge in [-0.05, 0) is 12.1 Å². The monoisotopic (exact) mass is 302 g/mol. The van der Waals surface area contributed by atoms with Gasteiger partial charge in [0, 0.05) is 12.0 Å². The second kappa shape index (κ2) is 6.01. The third kappa shape index (κ3) is 2.72. The van der Waals surface area contributed by atoms with Gasteiger partial charge in [-0.15, -0.1) is 0 Å². The molecule has 0 fully saturated rings. The molecule has 1 aromatic heterocycles. The first-order valence-electron chi connectivity index (χ1n) is 6.91. The minimum Gasteiger partial charge on any atom is -0.493 e. The number of amides is 1. The Morgan fingerprint density at radius 2 is 2.27 bits per heavy atom. The number of hydrogen-bond donors (Lipinski definition) is 1. The molecule has 22 heavy (non-hydrogen) atoms. The highest BCUT2D eigenvalue weighted by atomic mass is 19.1. The van der Waals surface area contributed by atoms with Gasteiger partial charge in [0.2, 0.25) is 5.88 Å². The Labute approximate surface area is 127 Å². The lowest BCUT2D eigenvalue weighted by atomic mass is 10.0. The number of benzene rings is 1. The molecule has 1 aliphatic heterocycles. The fourth-order valence-electron chi connectivity index (χ4n) is 2.48. The van der Waals surface area contributed by atoms with Crippen LogP contribution in [0.25, 0.3) is 0 Å². The van der Waals surface area contributed by atoms with Crippen molar-refractivity contribution < 1.29 is 18.7 Å². The highest BCUT2D eigenvalue weighted by molar-refractivity contribution is 5.96. The summed E-state index contributed by atoms with van der Waals surface area (Å²) in [5.74, 6) is -0.161. The van der Waals surface area contributed by atoms with E-state index in [-0.39, 0.29) is 17.5 Å². The maximum absolute atomic E-state index is 13.3. The largest absolute Gasteiger partial charge is 0.493 e. The van der Waals surface area contributed by atoms with E-state index < -0.39 is 11.7 Å². The lowest BCUT2D eigenvalue weighted by Gasteiger charge is -2.26. The number of para-hydroxylation sites is 1. The first-order valence-corrected chi connectivity index (χ1v) is 6.91.